The van der Waals surface area contributed by atoms with Gasteiger partial charge in [-0.15, -0.1) is 11.3 Å². The van der Waals surface area contributed by atoms with Crippen molar-refractivity contribution in [1.82, 2.24) is 5.32 Å². The molecule has 0 fully saturated rings. The third-order valence-corrected chi connectivity index (χ3v) is 3.24. The Balaban J connectivity index is 2.79. The third kappa shape index (κ3) is 3.83. The van der Waals surface area contributed by atoms with Crippen LogP contribution in [0.5, 0.6) is 0 Å². The third-order valence-electron chi connectivity index (χ3n) is 2.10. The van der Waals surface area contributed by atoms with Crippen LogP contribution in [0.25, 0.3) is 0 Å². The molecule has 1 N–H and O–H groups in total. The largest absolute Gasteiger partial charge is 0.390 e. The van der Waals surface area contributed by atoms with E-state index in [1.54, 1.807) is 0 Å². The van der Waals surface area contributed by atoms with Gasteiger partial charge >= 0.3 is 6.18 Å². The lowest BCUT2D eigenvalue weighted by atomic mass is 10.1. The standard InChI is InChI=1S/C10H14F3NS/c1-3-14-8(6-10(11,12)13)9-7(2)4-5-15-9/h4-5,8,14H,3,6H2,1-2H3. The van der Waals surface area contributed by atoms with Crippen LogP contribution >= 0.6 is 11.3 Å². The van der Waals surface area contributed by atoms with E-state index in [-0.39, 0.29) is 0 Å². The van der Waals surface area contributed by atoms with Gasteiger partial charge in [-0.25, -0.2) is 0 Å². The van der Waals surface area contributed by atoms with E-state index in [1.165, 1.54) is 11.3 Å². The zero-order valence-corrected chi connectivity index (χ0v) is 9.50. The molecular weight excluding hydrogens is 223 g/mol. The molecule has 1 unspecified atom stereocenters. The summed E-state index contributed by atoms with van der Waals surface area (Å²) in [6.07, 6.45) is -4.93. The average Bonchev–Trinajstić information content (AvgIpc) is 2.48. The minimum atomic E-state index is -4.12. The van der Waals surface area contributed by atoms with E-state index in [0.717, 1.165) is 10.4 Å². The smallest absolute Gasteiger partial charge is 0.309 e. The topological polar surface area (TPSA) is 12.0 Å². The van der Waals surface area contributed by atoms with Gasteiger partial charge in [-0.05, 0) is 30.5 Å². The molecular formula is C10H14F3NS. The Morgan fingerprint density at radius 3 is 2.53 bits per heavy atom. The molecule has 0 aliphatic carbocycles. The summed E-state index contributed by atoms with van der Waals surface area (Å²) in [6, 6.07) is 1.25. The van der Waals surface area contributed by atoms with E-state index in [4.69, 9.17) is 0 Å². The highest BCUT2D eigenvalue weighted by molar-refractivity contribution is 7.10. The minimum absolute atomic E-state index is 0.540. The first kappa shape index (κ1) is 12.5. The molecule has 0 aliphatic heterocycles. The van der Waals surface area contributed by atoms with Crippen LogP contribution in [0.1, 0.15) is 29.8 Å². The van der Waals surface area contributed by atoms with E-state index in [2.05, 4.69) is 5.32 Å². The van der Waals surface area contributed by atoms with Crippen LogP contribution in [0, 0.1) is 6.92 Å². The quantitative estimate of drug-likeness (QED) is 0.842. The Morgan fingerprint density at radius 1 is 1.47 bits per heavy atom. The van der Waals surface area contributed by atoms with Crippen molar-refractivity contribution >= 4 is 11.3 Å². The lowest BCUT2D eigenvalue weighted by molar-refractivity contribution is -0.140. The van der Waals surface area contributed by atoms with Crippen LogP contribution < -0.4 is 5.32 Å². The number of nitrogens with one attached hydrogen (secondary N) is 1. The van der Waals surface area contributed by atoms with E-state index >= 15 is 0 Å². The summed E-state index contributed by atoms with van der Waals surface area (Å²) in [4.78, 5) is 0.786. The second-order valence-corrected chi connectivity index (χ2v) is 4.35. The van der Waals surface area contributed by atoms with E-state index in [0.29, 0.717) is 6.54 Å². The maximum absolute atomic E-state index is 12.3. The van der Waals surface area contributed by atoms with E-state index in [9.17, 15) is 13.2 Å². The fourth-order valence-electron chi connectivity index (χ4n) is 1.48. The lowest BCUT2D eigenvalue weighted by Gasteiger charge is -2.19. The number of rotatable bonds is 4. The van der Waals surface area contributed by atoms with Crippen molar-refractivity contribution < 1.29 is 13.2 Å². The molecule has 0 radical (unpaired) electrons. The molecule has 86 valence electrons. The molecule has 0 aromatic carbocycles. The number of aryl methyl sites for hydroxylation is 1. The molecule has 1 heterocycles. The number of halogens is 3. The molecule has 0 saturated heterocycles. The van der Waals surface area contributed by atoms with Gasteiger partial charge in [0.15, 0.2) is 0 Å². The lowest BCUT2D eigenvalue weighted by Crippen LogP contribution is -2.26. The molecule has 0 aliphatic rings. The average molecular weight is 237 g/mol. The number of hydrogen-bond acceptors (Lipinski definition) is 2. The van der Waals surface area contributed by atoms with Crippen molar-refractivity contribution in [2.75, 3.05) is 6.54 Å². The second-order valence-electron chi connectivity index (χ2n) is 3.40. The predicted molar refractivity (Wildman–Crippen MR) is 56.1 cm³/mol. The number of hydrogen-bond donors (Lipinski definition) is 1. The summed E-state index contributed by atoms with van der Waals surface area (Å²) in [5.41, 5.74) is 0.926. The zero-order valence-electron chi connectivity index (χ0n) is 8.69. The summed E-state index contributed by atoms with van der Waals surface area (Å²) < 4.78 is 37.0. The number of thiophene rings is 1. The molecule has 1 aromatic rings. The Bertz CT molecular complexity index is 306. The van der Waals surface area contributed by atoms with Crippen molar-refractivity contribution in [3.05, 3.63) is 21.9 Å². The number of alkyl halides is 3. The molecule has 0 saturated carbocycles. The first-order valence-corrected chi connectivity index (χ1v) is 5.66. The van der Waals surface area contributed by atoms with Gasteiger partial charge in [0, 0.05) is 4.88 Å². The maximum Gasteiger partial charge on any atom is 0.390 e. The monoisotopic (exact) mass is 237 g/mol. The highest BCUT2D eigenvalue weighted by Gasteiger charge is 2.33. The second kappa shape index (κ2) is 4.99. The normalized spacial score (nSPS) is 14.2. The van der Waals surface area contributed by atoms with Gasteiger partial charge in [0.1, 0.15) is 0 Å². The van der Waals surface area contributed by atoms with Crippen LogP contribution in [-0.4, -0.2) is 12.7 Å². The zero-order chi connectivity index (χ0) is 11.5. The van der Waals surface area contributed by atoms with Gasteiger partial charge in [-0.1, -0.05) is 6.92 Å². The summed E-state index contributed by atoms with van der Waals surface area (Å²) in [5, 5.41) is 4.70. The molecule has 15 heavy (non-hydrogen) atoms. The highest BCUT2D eigenvalue weighted by atomic mass is 32.1. The molecule has 0 spiro atoms. The summed E-state index contributed by atoms with van der Waals surface area (Å²) >= 11 is 1.38. The molecule has 1 atom stereocenters. The molecule has 0 amide bonds. The van der Waals surface area contributed by atoms with Gasteiger partial charge in [-0.2, -0.15) is 13.2 Å². The fraction of sp³-hybridized carbons (Fsp3) is 0.600. The first-order valence-electron chi connectivity index (χ1n) is 4.78. The van der Waals surface area contributed by atoms with Crippen LogP contribution in [0.15, 0.2) is 11.4 Å². The Hall–Kier alpha value is -0.550. The molecule has 1 aromatic heterocycles. The van der Waals surface area contributed by atoms with Gasteiger partial charge < -0.3 is 5.32 Å². The maximum atomic E-state index is 12.3. The van der Waals surface area contributed by atoms with Crippen molar-refractivity contribution in [1.29, 1.82) is 0 Å². The molecule has 1 rings (SSSR count). The van der Waals surface area contributed by atoms with Gasteiger partial charge in [0.25, 0.3) is 0 Å². The minimum Gasteiger partial charge on any atom is -0.309 e. The van der Waals surface area contributed by atoms with Gasteiger partial charge in [0.05, 0.1) is 12.5 Å². The molecule has 1 nitrogen and oxygen atoms in total. The summed E-state index contributed by atoms with van der Waals surface area (Å²) in [5.74, 6) is 0. The summed E-state index contributed by atoms with van der Waals surface area (Å²) in [6.45, 7) is 4.19. The van der Waals surface area contributed by atoms with Crippen molar-refractivity contribution in [2.45, 2.75) is 32.5 Å². The Morgan fingerprint density at radius 2 is 2.13 bits per heavy atom. The molecule has 5 heteroatoms. The van der Waals surface area contributed by atoms with Gasteiger partial charge in [-0.3, -0.25) is 0 Å². The Kier molecular flexibility index (Phi) is 4.16. The van der Waals surface area contributed by atoms with Crippen molar-refractivity contribution in [3.8, 4) is 0 Å². The highest BCUT2D eigenvalue weighted by Crippen LogP contribution is 2.33. The van der Waals surface area contributed by atoms with Crippen molar-refractivity contribution in [2.24, 2.45) is 0 Å². The van der Waals surface area contributed by atoms with Gasteiger partial charge in [0.2, 0.25) is 0 Å². The molecule has 0 bridgehead atoms. The Labute approximate surface area is 91.3 Å². The van der Waals surface area contributed by atoms with Crippen LogP contribution in [0.4, 0.5) is 13.2 Å². The predicted octanol–water partition coefficient (Wildman–Crippen LogP) is 3.66. The van der Waals surface area contributed by atoms with E-state index in [1.807, 2.05) is 25.3 Å². The van der Waals surface area contributed by atoms with E-state index < -0.39 is 18.6 Å². The van der Waals surface area contributed by atoms with Crippen molar-refractivity contribution in [3.63, 3.8) is 0 Å². The SMILES string of the molecule is CCNC(CC(F)(F)F)c1sccc1C. The summed E-state index contributed by atoms with van der Waals surface area (Å²) in [7, 11) is 0. The van der Waals surface area contributed by atoms with Crippen LogP contribution in [0.2, 0.25) is 0 Å². The first-order chi connectivity index (χ1) is 6.94. The fourth-order valence-corrected chi connectivity index (χ4v) is 2.48. The van der Waals surface area contributed by atoms with Crippen LogP contribution in [0.3, 0.4) is 0 Å². The van der Waals surface area contributed by atoms with Crippen LogP contribution in [-0.2, 0) is 0 Å².